The number of nitrogens with two attached hydrogens (primary N) is 1. The fourth-order valence-corrected chi connectivity index (χ4v) is 6.70. The van der Waals surface area contributed by atoms with Crippen LogP contribution in [0, 0.1) is 18.3 Å². The van der Waals surface area contributed by atoms with E-state index in [0.29, 0.717) is 45.2 Å². The summed E-state index contributed by atoms with van der Waals surface area (Å²) in [6.07, 6.45) is 1.68. The van der Waals surface area contributed by atoms with Crippen molar-refractivity contribution in [2.45, 2.75) is 36.4 Å². The number of anilines is 2. The van der Waals surface area contributed by atoms with Crippen molar-refractivity contribution in [2.24, 2.45) is 5.73 Å². The van der Waals surface area contributed by atoms with Gasteiger partial charge in [-0.1, -0.05) is 46.6 Å². The number of methoxy groups -OCH3 is 1. The molecule has 2 aliphatic rings. The first-order chi connectivity index (χ1) is 18.4. The summed E-state index contributed by atoms with van der Waals surface area (Å²) >= 11 is 3.76. The van der Waals surface area contributed by atoms with Gasteiger partial charge < -0.3 is 10.5 Å². The number of thioether (sulfide) groups is 1. The molecule has 11 nitrogen and oxygen atoms in total. The van der Waals surface area contributed by atoms with Crippen LogP contribution in [-0.4, -0.2) is 44.9 Å². The first kappa shape index (κ1) is 25.8. The van der Waals surface area contributed by atoms with Crippen LogP contribution in [-0.2, 0) is 9.59 Å². The molecule has 1 amide bonds. The Balaban J connectivity index is 1.43. The van der Waals surface area contributed by atoms with E-state index in [9.17, 15) is 14.9 Å². The number of allylic oxidation sites excluding steroid dienone is 3. The maximum absolute atomic E-state index is 13.2. The van der Waals surface area contributed by atoms with Crippen LogP contribution in [0.3, 0.4) is 0 Å². The molecular weight excluding hydrogens is 545 g/mol. The normalized spacial score (nSPS) is 17.3. The number of ketones is 1. The molecule has 0 saturated carbocycles. The third kappa shape index (κ3) is 5.00. The number of nitriles is 1. The number of aryl methyl sites for hydroxylation is 1. The summed E-state index contributed by atoms with van der Waals surface area (Å²) in [4.78, 5) is 27.2. The molecule has 3 aromatic rings. The Bertz CT molecular complexity index is 1500. The van der Waals surface area contributed by atoms with Crippen molar-refractivity contribution < 1.29 is 14.3 Å². The molecule has 3 heterocycles. The summed E-state index contributed by atoms with van der Waals surface area (Å²) < 4.78 is 5.82. The van der Waals surface area contributed by atoms with Crippen LogP contribution < -0.4 is 20.7 Å². The summed E-state index contributed by atoms with van der Waals surface area (Å²) in [5.41, 5.74) is 8.95. The van der Waals surface area contributed by atoms with E-state index in [1.54, 1.807) is 24.1 Å². The summed E-state index contributed by atoms with van der Waals surface area (Å²) in [5.74, 6) is 0.181. The largest absolute Gasteiger partial charge is 0.497 e. The molecule has 1 aliphatic heterocycles. The van der Waals surface area contributed by atoms with Crippen LogP contribution in [0.25, 0.3) is 0 Å². The number of Topliss-reactive ketones (excluding diaryl/α,β-unsaturated/α-hetero) is 1. The Hall–Kier alpha value is -3.80. The van der Waals surface area contributed by atoms with Crippen LogP contribution in [0.15, 0.2) is 51.3 Å². The van der Waals surface area contributed by atoms with E-state index >= 15 is 0 Å². The lowest BCUT2D eigenvalue weighted by Crippen LogP contribution is -2.38. The highest BCUT2D eigenvalue weighted by atomic mass is 32.2. The Morgan fingerprint density at radius 1 is 1.24 bits per heavy atom. The lowest BCUT2D eigenvalue weighted by atomic mass is 9.76. The molecule has 0 bridgehead atoms. The van der Waals surface area contributed by atoms with E-state index in [1.165, 1.54) is 34.4 Å². The number of carbonyl (C=O) groups excluding carboxylic acids is 2. The Morgan fingerprint density at radius 3 is 2.71 bits per heavy atom. The smallest absolute Gasteiger partial charge is 0.236 e. The number of ether oxygens (including phenoxy) is 1. The number of carbonyl (C=O) groups is 2. The topological polar surface area (TPSA) is 160 Å². The van der Waals surface area contributed by atoms with Gasteiger partial charge in [-0.3, -0.25) is 19.8 Å². The molecule has 3 N–H and O–H groups in total. The second-order valence-corrected chi connectivity index (χ2v) is 11.8. The van der Waals surface area contributed by atoms with Crippen molar-refractivity contribution in [3.05, 3.63) is 57.5 Å². The Labute approximate surface area is 230 Å². The number of hydrogen-bond acceptors (Lipinski definition) is 13. The van der Waals surface area contributed by atoms with Crippen molar-refractivity contribution in [3.8, 4) is 11.8 Å². The summed E-state index contributed by atoms with van der Waals surface area (Å²) in [6, 6.07) is 9.55. The minimum absolute atomic E-state index is 0.0139. The molecule has 38 heavy (non-hydrogen) atoms. The van der Waals surface area contributed by atoms with Crippen LogP contribution >= 0.6 is 34.4 Å². The van der Waals surface area contributed by atoms with Crippen LogP contribution in [0.1, 0.15) is 35.8 Å². The number of nitrogens with one attached hydrogen (secondary N) is 1. The van der Waals surface area contributed by atoms with E-state index < -0.39 is 5.92 Å². The van der Waals surface area contributed by atoms with Crippen LogP contribution in [0.2, 0.25) is 0 Å². The average Bonchev–Trinajstić information content (AvgIpc) is 3.55. The maximum Gasteiger partial charge on any atom is 0.236 e. The quantitative estimate of drug-likeness (QED) is 0.401. The summed E-state index contributed by atoms with van der Waals surface area (Å²) in [7, 11) is 1.58. The van der Waals surface area contributed by atoms with E-state index in [0.717, 1.165) is 16.3 Å². The van der Waals surface area contributed by atoms with Crippen LogP contribution in [0.4, 0.5) is 10.3 Å². The zero-order valence-corrected chi connectivity index (χ0v) is 22.9. The van der Waals surface area contributed by atoms with Crippen molar-refractivity contribution in [3.63, 3.8) is 0 Å². The Morgan fingerprint density at radius 2 is 2.03 bits per heavy atom. The lowest BCUT2D eigenvalue weighted by molar-refractivity contribution is -0.116. The van der Waals surface area contributed by atoms with E-state index in [4.69, 9.17) is 10.5 Å². The van der Waals surface area contributed by atoms with Crippen molar-refractivity contribution in [2.75, 3.05) is 23.1 Å². The second kappa shape index (κ2) is 10.9. The highest BCUT2D eigenvalue weighted by Crippen LogP contribution is 2.47. The molecule has 1 aromatic carbocycles. The first-order valence-electron chi connectivity index (χ1n) is 11.6. The molecule has 0 fully saturated rings. The maximum atomic E-state index is 13.2. The lowest BCUT2D eigenvalue weighted by Gasteiger charge is -2.38. The average molecular weight is 567 g/mol. The number of benzene rings is 1. The zero-order chi connectivity index (χ0) is 26.8. The number of rotatable bonds is 7. The standard InChI is InChI=1S/C24H22N8O3S3/c1-12-28-29-22(37-12)27-18(34)11-36-24-31-30-23(38-24)32-16-4-3-5-17(33)20(16)19(15(10-25)21(32)26)13-6-8-14(35-2)9-7-13/h6-9,19H,3-5,11,26H2,1-2H3,(H,27,29,34). The SMILES string of the molecule is COc1ccc(C2C(C#N)=C(N)N(c3nnc(SCC(=O)Nc4nnc(C)s4)s3)C3=C2C(=O)CCC3)cc1. The van der Waals surface area contributed by atoms with E-state index in [-0.39, 0.29) is 28.8 Å². The van der Waals surface area contributed by atoms with Gasteiger partial charge in [0.25, 0.3) is 0 Å². The second-order valence-electron chi connectivity index (χ2n) is 8.40. The van der Waals surface area contributed by atoms with Gasteiger partial charge in [0.2, 0.25) is 16.2 Å². The number of amides is 1. The summed E-state index contributed by atoms with van der Waals surface area (Å²) in [5, 5.41) is 30.8. The van der Waals surface area contributed by atoms with Crippen LogP contribution in [0.5, 0.6) is 5.75 Å². The monoisotopic (exact) mass is 566 g/mol. The van der Waals surface area contributed by atoms with Crippen molar-refractivity contribution >= 4 is 56.4 Å². The first-order valence-corrected chi connectivity index (χ1v) is 14.2. The molecule has 1 unspecified atom stereocenters. The molecule has 0 saturated heterocycles. The summed E-state index contributed by atoms with van der Waals surface area (Å²) in [6.45, 7) is 1.81. The zero-order valence-electron chi connectivity index (χ0n) is 20.4. The third-order valence-electron chi connectivity index (χ3n) is 6.05. The van der Waals surface area contributed by atoms with Gasteiger partial charge in [-0.05, 0) is 37.5 Å². The number of hydrogen-bond donors (Lipinski definition) is 2. The predicted molar refractivity (Wildman–Crippen MR) is 145 cm³/mol. The van der Waals surface area contributed by atoms with Gasteiger partial charge in [0.1, 0.15) is 16.6 Å². The third-order valence-corrected chi connectivity index (χ3v) is 8.84. The molecule has 194 valence electrons. The van der Waals surface area contributed by atoms with Gasteiger partial charge >= 0.3 is 0 Å². The Kier molecular flexibility index (Phi) is 7.41. The molecule has 1 atom stereocenters. The van der Waals surface area contributed by atoms with E-state index in [1.807, 2.05) is 19.1 Å². The predicted octanol–water partition coefficient (Wildman–Crippen LogP) is 3.74. The molecule has 0 radical (unpaired) electrons. The minimum Gasteiger partial charge on any atom is -0.497 e. The highest BCUT2D eigenvalue weighted by Gasteiger charge is 2.41. The molecule has 2 aromatic heterocycles. The molecule has 1 aliphatic carbocycles. The van der Waals surface area contributed by atoms with Gasteiger partial charge in [-0.15, -0.1) is 20.4 Å². The van der Waals surface area contributed by atoms with Gasteiger partial charge in [0.15, 0.2) is 10.1 Å². The van der Waals surface area contributed by atoms with E-state index in [2.05, 4.69) is 31.8 Å². The highest BCUT2D eigenvalue weighted by molar-refractivity contribution is 8.01. The van der Waals surface area contributed by atoms with Crippen molar-refractivity contribution in [1.29, 1.82) is 5.26 Å². The van der Waals surface area contributed by atoms with Gasteiger partial charge in [0, 0.05) is 17.7 Å². The minimum atomic E-state index is -0.570. The number of aromatic nitrogens is 4. The molecule has 0 spiro atoms. The fraction of sp³-hybridized carbons (Fsp3) is 0.292. The van der Waals surface area contributed by atoms with Gasteiger partial charge in [-0.2, -0.15) is 5.26 Å². The molecule has 14 heteroatoms. The van der Waals surface area contributed by atoms with Gasteiger partial charge in [-0.25, -0.2) is 0 Å². The molecule has 5 rings (SSSR count). The van der Waals surface area contributed by atoms with Crippen molar-refractivity contribution in [1.82, 2.24) is 20.4 Å². The fourth-order valence-electron chi connectivity index (χ4n) is 4.42. The molecular formula is C24H22N8O3S3. The van der Waals surface area contributed by atoms with Gasteiger partial charge in [0.05, 0.1) is 30.4 Å². The number of nitrogens with zero attached hydrogens (tertiary/aromatic N) is 6.